The van der Waals surface area contributed by atoms with Gasteiger partial charge in [-0.2, -0.15) is 0 Å². The molecule has 19 heavy (non-hydrogen) atoms. The van der Waals surface area contributed by atoms with Crippen molar-refractivity contribution in [2.45, 2.75) is 97.9 Å². The predicted octanol–water partition coefficient (Wildman–Crippen LogP) is 5.54. The summed E-state index contributed by atoms with van der Waals surface area (Å²) in [6, 6.07) is 0.696. The second kappa shape index (κ2) is 9.00. The first-order chi connectivity index (χ1) is 9.14. The summed E-state index contributed by atoms with van der Waals surface area (Å²) in [4.78, 5) is 0. The lowest BCUT2D eigenvalue weighted by molar-refractivity contribution is 0.103. The Morgan fingerprint density at radius 3 is 2.16 bits per heavy atom. The van der Waals surface area contributed by atoms with E-state index < -0.39 is 0 Å². The Morgan fingerprint density at radius 2 is 1.53 bits per heavy atom. The van der Waals surface area contributed by atoms with E-state index in [2.05, 4.69) is 33.0 Å². The highest BCUT2D eigenvalue weighted by Gasteiger charge is 2.35. The molecule has 0 aromatic carbocycles. The van der Waals surface area contributed by atoms with E-state index >= 15 is 0 Å². The van der Waals surface area contributed by atoms with E-state index in [1.807, 2.05) is 0 Å². The highest BCUT2D eigenvalue weighted by atomic mass is 14.9. The van der Waals surface area contributed by atoms with Crippen molar-refractivity contribution in [3.63, 3.8) is 0 Å². The molecular formula is C18H37N. The molecule has 1 fully saturated rings. The third-order valence-corrected chi connectivity index (χ3v) is 5.30. The van der Waals surface area contributed by atoms with E-state index in [1.54, 1.807) is 0 Å². The van der Waals surface area contributed by atoms with Gasteiger partial charge in [-0.3, -0.25) is 0 Å². The second-order valence-electron chi connectivity index (χ2n) is 7.06. The molecule has 0 radical (unpaired) electrons. The Hall–Kier alpha value is -0.0400. The molecule has 0 spiro atoms. The number of rotatable bonds is 5. The summed E-state index contributed by atoms with van der Waals surface area (Å²) in [5.74, 6) is 0.866. The molecule has 0 amide bonds. The molecule has 1 heteroatoms. The highest BCUT2D eigenvalue weighted by molar-refractivity contribution is 4.88. The smallest absolute Gasteiger partial charge is 0.00721 e. The molecule has 1 aliphatic heterocycles. The lowest BCUT2D eigenvalue weighted by Gasteiger charge is -2.42. The average molecular weight is 268 g/mol. The van der Waals surface area contributed by atoms with Crippen LogP contribution in [-0.2, 0) is 0 Å². The molecule has 1 nitrogen and oxygen atoms in total. The molecule has 0 bridgehead atoms. The Morgan fingerprint density at radius 1 is 0.947 bits per heavy atom. The Kier molecular flexibility index (Phi) is 8.06. The van der Waals surface area contributed by atoms with Crippen molar-refractivity contribution in [3.8, 4) is 0 Å². The first kappa shape index (κ1) is 17.0. The topological polar surface area (TPSA) is 12.0 Å². The lowest BCUT2D eigenvalue weighted by atomic mass is 9.66. The maximum atomic E-state index is 3.82. The molecule has 2 atom stereocenters. The lowest BCUT2D eigenvalue weighted by Crippen LogP contribution is -2.43. The van der Waals surface area contributed by atoms with E-state index in [-0.39, 0.29) is 0 Å². The molecule has 0 aromatic heterocycles. The molecule has 0 saturated carbocycles. The van der Waals surface area contributed by atoms with Crippen LogP contribution in [0.3, 0.4) is 0 Å². The molecule has 1 aliphatic rings. The Labute approximate surface area is 121 Å². The molecule has 1 rings (SSSR count). The van der Waals surface area contributed by atoms with Crippen LogP contribution in [0.5, 0.6) is 0 Å². The van der Waals surface area contributed by atoms with Crippen LogP contribution in [0.2, 0.25) is 0 Å². The van der Waals surface area contributed by atoms with Crippen LogP contribution in [0.1, 0.15) is 91.9 Å². The molecule has 0 aromatic rings. The molecule has 2 unspecified atom stereocenters. The van der Waals surface area contributed by atoms with E-state index in [0.717, 1.165) is 5.92 Å². The summed E-state index contributed by atoms with van der Waals surface area (Å²) in [6.07, 6.45) is 14.0. The molecule has 114 valence electrons. The van der Waals surface area contributed by atoms with Gasteiger partial charge in [0.25, 0.3) is 0 Å². The van der Waals surface area contributed by atoms with Gasteiger partial charge in [-0.1, -0.05) is 59.3 Å². The monoisotopic (exact) mass is 267 g/mol. The maximum Gasteiger partial charge on any atom is 0.00721 e. The fourth-order valence-corrected chi connectivity index (χ4v) is 4.33. The normalized spacial score (nSPS) is 27.2. The third kappa shape index (κ3) is 5.45. The van der Waals surface area contributed by atoms with Crippen molar-refractivity contribution in [1.82, 2.24) is 5.32 Å². The molecule has 1 heterocycles. The molecule has 1 N–H and O–H groups in total. The van der Waals surface area contributed by atoms with Crippen molar-refractivity contribution >= 4 is 0 Å². The zero-order valence-corrected chi connectivity index (χ0v) is 13.9. The van der Waals surface area contributed by atoms with E-state index in [4.69, 9.17) is 0 Å². The Balaban J connectivity index is 2.74. The fourth-order valence-electron chi connectivity index (χ4n) is 4.33. The van der Waals surface area contributed by atoms with Gasteiger partial charge in [0.15, 0.2) is 0 Å². The minimum absolute atomic E-state index is 0.551. The van der Waals surface area contributed by atoms with Crippen LogP contribution in [-0.4, -0.2) is 12.6 Å². The third-order valence-electron chi connectivity index (χ3n) is 5.30. The first-order valence-electron chi connectivity index (χ1n) is 8.87. The molecule has 1 saturated heterocycles. The van der Waals surface area contributed by atoms with Crippen LogP contribution >= 0.6 is 0 Å². The minimum atomic E-state index is 0.551. The Bertz CT molecular complexity index is 218. The summed E-state index contributed by atoms with van der Waals surface area (Å²) in [5, 5.41) is 3.82. The quantitative estimate of drug-likeness (QED) is 0.689. The summed E-state index contributed by atoms with van der Waals surface area (Å²) in [5.41, 5.74) is 0.551. The number of nitrogens with one attached hydrogen (secondary N) is 1. The van der Waals surface area contributed by atoms with Gasteiger partial charge in [0.05, 0.1) is 0 Å². The SMILES string of the molecule is CCCC(C)(CCC)C1CCCCCCCNC1C. The number of hydrogen-bond donors (Lipinski definition) is 1. The zero-order chi connectivity index (χ0) is 14.1. The van der Waals surface area contributed by atoms with Crippen LogP contribution in [0, 0.1) is 11.3 Å². The van der Waals surface area contributed by atoms with Crippen molar-refractivity contribution in [3.05, 3.63) is 0 Å². The molecular weight excluding hydrogens is 230 g/mol. The van der Waals surface area contributed by atoms with Gasteiger partial charge in [-0.25, -0.2) is 0 Å². The average Bonchev–Trinajstić information content (AvgIpc) is 2.37. The van der Waals surface area contributed by atoms with Crippen molar-refractivity contribution in [2.24, 2.45) is 11.3 Å². The second-order valence-corrected chi connectivity index (χ2v) is 7.06. The highest BCUT2D eigenvalue weighted by Crippen LogP contribution is 2.42. The van der Waals surface area contributed by atoms with Crippen LogP contribution in [0.25, 0.3) is 0 Å². The summed E-state index contributed by atoms with van der Waals surface area (Å²) in [6.45, 7) is 10.9. The maximum absolute atomic E-state index is 3.82. The van der Waals surface area contributed by atoms with Crippen LogP contribution in [0.4, 0.5) is 0 Å². The zero-order valence-electron chi connectivity index (χ0n) is 13.9. The first-order valence-corrected chi connectivity index (χ1v) is 8.87. The van der Waals surface area contributed by atoms with Gasteiger partial charge in [0, 0.05) is 6.04 Å². The van der Waals surface area contributed by atoms with Crippen molar-refractivity contribution in [1.29, 1.82) is 0 Å². The van der Waals surface area contributed by atoms with Gasteiger partial charge in [-0.15, -0.1) is 0 Å². The van der Waals surface area contributed by atoms with E-state index in [1.165, 1.54) is 70.8 Å². The van der Waals surface area contributed by atoms with Gasteiger partial charge < -0.3 is 5.32 Å². The molecule has 0 aliphatic carbocycles. The van der Waals surface area contributed by atoms with Crippen molar-refractivity contribution in [2.75, 3.05) is 6.54 Å². The van der Waals surface area contributed by atoms with Crippen molar-refractivity contribution < 1.29 is 0 Å². The fraction of sp³-hybridized carbons (Fsp3) is 1.00. The predicted molar refractivity (Wildman–Crippen MR) is 86.6 cm³/mol. The minimum Gasteiger partial charge on any atom is -0.314 e. The van der Waals surface area contributed by atoms with Gasteiger partial charge >= 0.3 is 0 Å². The van der Waals surface area contributed by atoms with E-state index in [9.17, 15) is 0 Å². The van der Waals surface area contributed by atoms with Gasteiger partial charge in [0.2, 0.25) is 0 Å². The summed E-state index contributed by atoms with van der Waals surface area (Å²) >= 11 is 0. The largest absolute Gasteiger partial charge is 0.314 e. The summed E-state index contributed by atoms with van der Waals surface area (Å²) < 4.78 is 0. The van der Waals surface area contributed by atoms with Crippen LogP contribution < -0.4 is 5.32 Å². The standard InChI is InChI=1S/C18H37N/c1-5-13-18(4,14-6-2)17-12-10-8-7-9-11-15-19-16(17)3/h16-17,19H,5-15H2,1-4H3. The number of hydrogen-bond acceptors (Lipinski definition) is 1. The van der Waals surface area contributed by atoms with Crippen LogP contribution in [0.15, 0.2) is 0 Å². The van der Waals surface area contributed by atoms with Gasteiger partial charge in [0.1, 0.15) is 0 Å². The van der Waals surface area contributed by atoms with Gasteiger partial charge in [-0.05, 0) is 50.5 Å². The summed E-state index contributed by atoms with van der Waals surface area (Å²) in [7, 11) is 0. The van der Waals surface area contributed by atoms with E-state index in [0.29, 0.717) is 11.5 Å².